The van der Waals surface area contributed by atoms with E-state index in [1.54, 1.807) is 0 Å². The van der Waals surface area contributed by atoms with Gasteiger partial charge >= 0.3 is 0 Å². The first kappa shape index (κ1) is 11.6. The van der Waals surface area contributed by atoms with Crippen molar-refractivity contribution in [3.8, 4) is 0 Å². The summed E-state index contributed by atoms with van der Waals surface area (Å²) in [4.78, 5) is 2.36. The van der Waals surface area contributed by atoms with Crippen molar-refractivity contribution in [2.45, 2.75) is 25.6 Å². The molecule has 2 N–H and O–H groups in total. The molecule has 0 bridgehead atoms. The third kappa shape index (κ3) is 2.82. The molecule has 0 aromatic heterocycles. The van der Waals surface area contributed by atoms with E-state index in [2.05, 4.69) is 41.4 Å². The largest absolute Gasteiger partial charge is 0.395 e. The van der Waals surface area contributed by atoms with Gasteiger partial charge < -0.3 is 10.4 Å². The first-order chi connectivity index (χ1) is 7.79. The predicted molar refractivity (Wildman–Crippen MR) is 65.2 cm³/mol. The summed E-state index contributed by atoms with van der Waals surface area (Å²) in [5.74, 6) is 0. The maximum atomic E-state index is 9.34. The van der Waals surface area contributed by atoms with Gasteiger partial charge in [0.1, 0.15) is 0 Å². The highest BCUT2D eigenvalue weighted by molar-refractivity contribution is 5.14. The van der Waals surface area contributed by atoms with Gasteiger partial charge in [0.05, 0.1) is 6.61 Å². The lowest BCUT2D eigenvalue weighted by molar-refractivity contribution is 0.0781. The number of rotatable bonds is 3. The highest BCUT2D eigenvalue weighted by Crippen LogP contribution is 2.12. The summed E-state index contributed by atoms with van der Waals surface area (Å²) < 4.78 is 0. The van der Waals surface area contributed by atoms with E-state index in [9.17, 15) is 5.11 Å². The summed E-state index contributed by atoms with van der Waals surface area (Å²) in [5, 5.41) is 12.7. The average molecular weight is 220 g/mol. The highest BCUT2D eigenvalue weighted by atomic mass is 16.3. The van der Waals surface area contributed by atoms with Crippen LogP contribution in [0.5, 0.6) is 0 Å². The van der Waals surface area contributed by atoms with Crippen molar-refractivity contribution in [2.24, 2.45) is 0 Å². The van der Waals surface area contributed by atoms with Crippen LogP contribution in [0.2, 0.25) is 0 Å². The Morgan fingerprint density at radius 3 is 2.81 bits per heavy atom. The van der Waals surface area contributed by atoms with Gasteiger partial charge in [0, 0.05) is 31.7 Å². The molecule has 1 aromatic rings. The molecule has 0 aliphatic carbocycles. The second-order valence-corrected chi connectivity index (χ2v) is 4.56. The van der Waals surface area contributed by atoms with Gasteiger partial charge in [-0.3, -0.25) is 4.90 Å². The summed E-state index contributed by atoms with van der Waals surface area (Å²) >= 11 is 0. The minimum atomic E-state index is 0.229. The van der Waals surface area contributed by atoms with Crippen LogP contribution in [0.3, 0.4) is 0 Å². The number of aliphatic hydroxyl groups is 1. The molecule has 3 heteroatoms. The average Bonchev–Trinajstić information content (AvgIpc) is 2.31. The standard InChI is InChI=1S/C13H20N2O/c1-11-8-15(13(10-16)7-14-11)9-12-5-3-2-4-6-12/h2-6,11,13-14,16H,7-10H2,1H3/t11-,13-/m0/s1. The molecule has 1 fully saturated rings. The van der Waals surface area contributed by atoms with Crippen molar-refractivity contribution < 1.29 is 5.11 Å². The quantitative estimate of drug-likeness (QED) is 0.792. The van der Waals surface area contributed by atoms with E-state index >= 15 is 0 Å². The van der Waals surface area contributed by atoms with Crippen LogP contribution >= 0.6 is 0 Å². The van der Waals surface area contributed by atoms with Crippen molar-refractivity contribution in [2.75, 3.05) is 19.7 Å². The molecule has 1 aliphatic heterocycles. The fourth-order valence-electron chi connectivity index (χ4n) is 2.22. The van der Waals surface area contributed by atoms with Crippen molar-refractivity contribution in [3.63, 3.8) is 0 Å². The van der Waals surface area contributed by atoms with E-state index in [1.165, 1.54) is 5.56 Å². The van der Waals surface area contributed by atoms with Crippen molar-refractivity contribution in [3.05, 3.63) is 35.9 Å². The molecule has 1 heterocycles. The van der Waals surface area contributed by atoms with Crippen molar-refractivity contribution in [1.82, 2.24) is 10.2 Å². The Bertz CT molecular complexity index is 315. The van der Waals surface area contributed by atoms with Crippen molar-refractivity contribution >= 4 is 0 Å². The Labute approximate surface area is 97.1 Å². The topological polar surface area (TPSA) is 35.5 Å². The zero-order chi connectivity index (χ0) is 11.4. The van der Waals surface area contributed by atoms with E-state index in [0.717, 1.165) is 19.6 Å². The van der Waals surface area contributed by atoms with Gasteiger partial charge in [-0.15, -0.1) is 0 Å². The van der Waals surface area contributed by atoms with E-state index in [-0.39, 0.29) is 12.6 Å². The van der Waals surface area contributed by atoms with Gasteiger partial charge in [-0.1, -0.05) is 30.3 Å². The van der Waals surface area contributed by atoms with E-state index < -0.39 is 0 Å². The van der Waals surface area contributed by atoms with Gasteiger partial charge in [0.15, 0.2) is 0 Å². The van der Waals surface area contributed by atoms with Crippen LogP contribution in [0, 0.1) is 0 Å². The number of hydrogen-bond acceptors (Lipinski definition) is 3. The molecule has 0 spiro atoms. The molecule has 0 radical (unpaired) electrons. The number of hydrogen-bond donors (Lipinski definition) is 2. The molecule has 88 valence electrons. The summed E-state index contributed by atoms with van der Waals surface area (Å²) in [7, 11) is 0. The fourth-order valence-corrected chi connectivity index (χ4v) is 2.22. The highest BCUT2D eigenvalue weighted by Gasteiger charge is 2.24. The molecule has 1 aromatic carbocycles. The minimum absolute atomic E-state index is 0.229. The molecule has 2 rings (SSSR count). The number of nitrogens with one attached hydrogen (secondary N) is 1. The number of benzene rings is 1. The Morgan fingerprint density at radius 2 is 2.12 bits per heavy atom. The van der Waals surface area contributed by atoms with Gasteiger partial charge in [-0.05, 0) is 12.5 Å². The van der Waals surface area contributed by atoms with Gasteiger partial charge in [-0.2, -0.15) is 0 Å². The van der Waals surface area contributed by atoms with Crippen LogP contribution in [-0.4, -0.2) is 41.8 Å². The fraction of sp³-hybridized carbons (Fsp3) is 0.538. The molecule has 3 nitrogen and oxygen atoms in total. The van der Waals surface area contributed by atoms with Crippen LogP contribution in [-0.2, 0) is 6.54 Å². The smallest absolute Gasteiger partial charge is 0.0599 e. The lowest BCUT2D eigenvalue weighted by Gasteiger charge is -2.38. The monoisotopic (exact) mass is 220 g/mol. The molecule has 16 heavy (non-hydrogen) atoms. The summed E-state index contributed by atoms with van der Waals surface area (Å²) in [6, 6.07) is 11.2. The van der Waals surface area contributed by atoms with E-state index in [4.69, 9.17) is 0 Å². The molecular formula is C13H20N2O. The number of nitrogens with zero attached hydrogens (tertiary/aromatic N) is 1. The van der Waals surface area contributed by atoms with Crippen LogP contribution in [0.25, 0.3) is 0 Å². The molecule has 0 unspecified atom stereocenters. The Hall–Kier alpha value is -0.900. The lowest BCUT2D eigenvalue weighted by Crippen LogP contribution is -2.56. The van der Waals surface area contributed by atoms with Gasteiger partial charge in [-0.25, -0.2) is 0 Å². The van der Waals surface area contributed by atoms with Crippen LogP contribution in [0.15, 0.2) is 30.3 Å². The van der Waals surface area contributed by atoms with Crippen LogP contribution < -0.4 is 5.32 Å². The van der Waals surface area contributed by atoms with Crippen LogP contribution in [0.1, 0.15) is 12.5 Å². The molecular weight excluding hydrogens is 200 g/mol. The third-order valence-electron chi connectivity index (χ3n) is 3.17. The molecule has 1 saturated heterocycles. The second kappa shape index (κ2) is 5.43. The normalized spacial score (nSPS) is 26.9. The first-order valence-corrected chi connectivity index (χ1v) is 5.92. The number of piperazine rings is 1. The Balaban J connectivity index is 2.01. The Kier molecular flexibility index (Phi) is 3.93. The second-order valence-electron chi connectivity index (χ2n) is 4.56. The number of aliphatic hydroxyl groups excluding tert-OH is 1. The molecule has 2 atom stereocenters. The molecule has 0 amide bonds. The van der Waals surface area contributed by atoms with Crippen molar-refractivity contribution in [1.29, 1.82) is 0 Å². The van der Waals surface area contributed by atoms with E-state index in [0.29, 0.717) is 6.04 Å². The molecule has 0 saturated carbocycles. The molecule has 1 aliphatic rings. The first-order valence-electron chi connectivity index (χ1n) is 5.92. The SMILES string of the molecule is C[C@H]1CN(Cc2ccccc2)[C@H](CO)CN1. The zero-order valence-corrected chi connectivity index (χ0v) is 9.76. The summed E-state index contributed by atoms with van der Waals surface area (Å²) in [5.41, 5.74) is 1.31. The maximum Gasteiger partial charge on any atom is 0.0599 e. The minimum Gasteiger partial charge on any atom is -0.395 e. The van der Waals surface area contributed by atoms with E-state index in [1.807, 2.05) is 6.07 Å². The third-order valence-corrected chi connectivity index (χ3v) is 3.17. The lowest BCUT2D eigenvalue weighted by atomic mass is 10.1. The maximum absolute atomic E-state index is 9.34. The van der Waals surface area contributed by atoms with Gasteiger partial charge in [0.2, 0.25) is 0 Å². The predicted octanol–water partition coefficient (Wildman–Crippen LogP) is 0.841. The Morgan fingerprint density at radius 1 is 1.38 bits per heavy atom. The zero-order valence-electron chi connectivity index (χ0n) is 9.76. The van der Waals surface area contributed by atoms with Gasteiger partial charge in [0.25, 0.3) is 0 Å². The van der Waals surface area contributed by atoms with Crippen LogP contribution in [0.4, 0.5) is 0 Å². The summed E-state index contributed by atoms with van der Waals surface area (Å²) in [6.45, 7) is 5.22. The summed E-state index contributed by atoms with van der Waals surface area (Å²) in [6.07, 6.45) is 0.